The number of methoxy groups -OCH3 is 2. The van der Waals surface area contributed by atoms with Crippen molar-refractivity contribution < 1.29 is 41.8 Å². The molecule has 0 aliphatic carbocycles. The van der Waals surface area contributed by atoms with E-state index in [0.29, 0.717) is 101 Å². The highest BCUT2D eigenvalue weighted by Crippen LogP contribution is 2.39. The van der Waals surface area contributed by atoms with E-state index >= 15 is 0 Å². The molecule has 12 heterocycles. The van der Waals surface area contributed by atoms with E-state index in [4.69, 9.17) is 37.4 Å². The number of amides is 3. The lowest BCUT2D eigenvalue weighted by atomic mass is 9.87. The van der Waals surface area contributed by atoms with Gasteiger partial charge in [-0.25, -0.2) is 44.9 Å². The van der Waals surface area contributed by atoms with Gasteiger partial charge in [0.05, 0.1) is 72.4 Å². The molecule has 3 aliphatic rings. The van der Waals surface area contributed by atoms with Gasteiger partial charge in [0.15, 0.2) is 57.7 Å². The highest BCUT2D eigenvalue weighted by Gasteiger charge is 2.38. The van der Waals surface area contributed by atoms with E-state index in [9.17, 15) is 38.1 Å². The molecule has 0 bridgehead atoms. The molecule has 12 rings (SSSR count). The fourth-order valence-corrected chi connectivity index (χ4v) is 12.2. The van der Waals surface area contributed by atoms with Crippen molar-refractivity contribution in [3.63, 3.8) is 0 Å². The van der Waals surface area contributed by atoms with E-state index in [1.807, 2.05) is 36.9 Å². The fourth-order valence-electron chi connectivity index (χ4n) is 12.2. The zero-order valence-electron chi connectivity index (χ0n) is 56.1. The normalized spacial score (nSPS) is 15.4. The SMILES string of the molecule is COCC1(Nc2ccc(N3CCC(C)(N)CC3)c(NC(=O)c3nc(-c4nccc(OC)c4C#N)cnc3N)n2)CCN(c2cccnc2NC(=O)c2nc(-c3ncccc3OC(F)(F)F)cnc2Nc2cnc(-c3cnc(N)c(C(=O)Nc4ncccc4N4CCC(C)(N)CC4)n3)c(C#N)c2)CC1. The first kappa shape index (κ1) is 70.3. The van der Waals surface area contributed by atoms with Crippen molar-refractivity contribution in [2.24, 2.45) is 11.5 Å². The number of aromatic nitrogens is 12. The van der Waals surface area contributed by atoms with Crippen LogP contribution in [0, 0.1) is 22.7 Å². The van der Waals surface area contributed by atoms with Crippen LogP contribution in [0.4, 0.5) is 76.6 Å². The average molecular weight is 1400 g/mol. The summed E-state index contributed by atoms with van der Waals surface area (Å²) in [6.45, 7) is 7.28. The van der Waals surface area contributed by atoms with E-state index in [1.165, 1.54) is 68.7 Å². The molecular formula is C68H69F3N26O6. The Morgan fingerprint density at radius 2 is 1.06 bits per heavy atom. The number of hydrogen-bond acceptors (Lipinski definition) is 29. The lowest BCUT2D eigenvalue weighted by molar-refractivity contribution is -0.274. The van der Waals surface area contributed by atoms with Crippen molar-refractivity contribution in [3.05, 3.63) is 138 Å². The van der Waals surface area contributed by atoms with Gasteiger partial charge in [0.1, 0.15) is 63.4 Å². The number of alkyl halides is 3. The third-order valence-electron chi connectivity index (χ3n) is 17.8. The zero-order valence-corrected chi connectivity index (χ0v) is 56.1. The minimum Gasteiger partial charge on any atom is -0.495 e. The molecule has 35 heteroatoms. The van der Waals surface area contributed by atoms with Crippen LogP contribution in [-0.2, 0) is 4.74 Å². The summed E-state index contributed by atoms with van der Waals surface area (Å²) in [4.78, 5) is 103. The second-order valence-electron chi connectivity index (χ2n) is 25.3. The Kier molecular flexibility index (Phi) is 20.0. The Morgan fingerprint density at radius 1 is 0.553 bits per heavy atom. The maximum absolute atomic E-state index is 14.9. The van der Waals surface area contributed by atoms with Crippen molar-refractivity contribution in [2.45, 2.75) is 75.4 Å². The average Bonchev–Trinajstić information content (AvgIpc) is 0.794. The minimum absolute atomic E-state index is 0.00348. The molecule has 528 valence electrons. The number of nitrogen functional groups attached to an aromatic ring is 2. The number of nitrogens with zero attached hydrogens (tertiary/aromatic N) is 17. The molecule has 0 atom stereocenters. The van der Waals surface area contributed by atoms with E-state index in [1.54, 1.807) is 25.3 Å². The third-order valence-corrected chi connectivity index (χ3v) is 17.8. The summed E-state index contributed by atoms with van der Waals surface area (Å²) >= 11 is 0. The molecule has 9 aromatic heterocycles. The first-order valence-corrected chi connectivity index (χ1v) is 32.3. The number of rotatable bonds is 20. The number of pyridine rings is 6. The van der Waals surface area contributed by atoms with Crippen LogP contribution in [0.5, 0.6) is 11.5 Å². The maximum atomic E-state index is 14.9. The molecular weight excluding hydrogens is 1330 g/mol. The van der Waals surface area contributed by atoms with Crippen LogP contribution in [0.15, 0.2) is 110 Å². The molecule has 0 spiro atoms. The fraction of sp³-hybridized carbons (Fsp3) is 0.309. The number of nitriles is 2. The largest absolute Gasteiger partial charge is 0.573 e. The van der Waals surface area contributed by atoms with Crippen molar-refractivity contribution >= 4 is 81.2 Å². The van der Waals surface area contributed by atoms with Gasteiger partial charge in [-0.2, -0.15) is 10.5 Å². The van der Waals surface area contributed by atoms with Crippen molar-refractivity contribution in [1.82, 2.24) is 59.8 Å². The predicted octanol–water partition coefficient (Wildman–Crippen LogP) is 7.48. The first-order valence-electron chi connectivity index (χ1n) is 32.3. The number of carbonyl (C=O) groups is 3. The number of halogens is 3. The van der Waals surface area contributed by atoms with E-state index in [2.05, 4.69) is 108 Å². The summed E-state index contributed by atoms with van der Waals surface area (Å²) in [5, 5.41) is 35.8. The molecule has 3 aliphatic heterocycles. The van der Waals surface area contributed by atoms with Crippen LogP contribution in [0.25, 0.3) is 34.2 Å². The Bertz CT molecular complexity index is 4790. The van der Waals surface area contributed by atoms with Crippen LogP contribution in [-0.4, -0.2) is 161 Å². The molecule has 3 saturated heterocycles. The number of nitrogens with two attached hydrogens (primary N) is 4. The molecule has 9 aromatic rings. The van der Waals surface area contributed by atoms with E-state index in [-0.39, 0.29) is 109 Å². The van der Waals surface area contributed by atoms with Crippen LogP contribution in [0.1, 0.15) is 95.0 Å². The molecule has 3 fully saturated rings. The molecule has 103 heavy (non-hydrogen) atoms. The van der Waals surface area contributed by atoms with Crippen molar-refractivity contribution in [3.8, 4) is 57.8 Å². The first-order chi connectivity index (χ1) is 49.4. The van der Waals surface area contributed by atoms with Gasteiger partial charge in [-0.1, -0.05) is 0 Å². The number of nitrogens with one attached hydrogen (secondary N) is 5. The Hall–Kier alpha value is -12.6. The topological polar surface area (TPSA) is 455 Å². The van der Waals surface area contributed by atoms with Crippen LogP contribution < -0.4 is 73.7 Å². The van der Waals surface area contributed by atoms with E-state index < -0.39 is 52.3 Å². The zero-order chi connectivity index (χ0) is 72.8. The molecule has 0 aromatic carbocycles. The third kappa shape index (κ3) is 15.9. The lowest BCUT2D eigenvalue weighted by Crippen LogP contribution is -2.52. The quantitative estimate of drug-likeness (QED) is 0.0357. The van der Waals surface area contributed by atoms with Gasteiger partial charge in [-0.3, -0.25) is 29.3 Å². The molecule has 0 radical (unpaired) electrons. The predicted molar refractivity (Wildman–Crippen MR) is 375 cm³/mol. The Balaban J connectivity index is 0.794. The molecule has 0 unspecified atom stereocenters. The number of ether oxygens (including phenoxy) is 3. The Morgan fingerprint density at radius 3 is 1.62 bits per heavy atom. The minimum atomic E-state index is -5.14. The summed E-state index contributed by atoms with van der Waals surface area (Å²) in [5.41, 5.74) is 24.4. The highest BCUT2D eigenvalue weighted by atomic mass is 19.4. The van der Waals surface area contributed by atoms with Crippen LogP contribution in [0.2, 0.25) is 0 Å². The molecule has 3 amide bonds. The monoisotopic (exact) mass is 1400 g/mol. The van der Waals surface area contributed by atoms with Gasteiger partial charge < -0.3 is 78.4 Å². The number of anilines is 11. The van der Waals surface area contributed by atoms with Gasteiger partial charge >= 0.3 is 6.36 Å². The second-order valence-corrected chi connectivity index (χ2v) is 25.3. The maximum Gasteiger partial charge on any atom is 0.573 e. The van der Waals surface area contributed by atoms with Crippen LogP contribution in [0.3, 0.4) is 0 Å². The summed E-state index contributed by atoms with van der Waals surface area (Å²) in [7, 11) is 2.99. The van der Waals surface area contributed by atoms with E-state index in [0.717, 1.165) is 12.3 Å². The van der Waals surface area contributed by atoms with Gasteiger partial charge in [-0.15, -0.1) is 13.2 Å². The highest BCUT2D eigenvalue weighted by molar-refractivity contribution is 6.09. The van der Waals surface area contributed by atoms with Gasteiger partial charge in [-0.05, 0) is 113 Å². The van der Waals surface area contributed by atoms with Gasteiger partial charge in [0.2, 0.25) is 0 Å². The summed E-state index contributed by atoms with van der Waals surface area (Å²) < 4.78 is 57.0. The smallest absolute Gasteiger partial charge is 0.495 e. The lowest BCUT2D eigenvalue weighted by Gasteiger charge is -2.43. The number of piperidine rings is 3. The summed E-state index contributed by atoms with van der Waals surface area (Å²) in [5.74, 6) is -2.64. The van der Waals surface area contributed by atoms with Crippen molar-refractivity contribution in [1.29, 1.82) is 10.5 Å². The second kappa shape index (κ2) is 29.3. The molecule has 32 nitrogen and oxygen atoms in total. The van der Waals surface area contributed by atoms with Gasteiger partial charge in [0, 0.05) is 82.2 Å². The number of carbonyl (C=O) groups excluding carboxylic acids is 3. The summed E-state index contributed by atoms with van der Waals surface area (Å²) in [6.07, 6.45) is 9.02. The summed E-state index contributed by atoms with van der Waals surface area (Å²) in [6, 6.07) is 20.0. The Labute approximate surface area is 586 Å². The van der Waals surface area contributed by atoms with Gasteiger partial charge in [0.25, 0.3) is 17.7 Å². The number of hydrogen-bond donors (Lipinski definition) is 9. The van der Waals surface area contributed by atoms with Crippen molar-refractivity contribution in [2.75, 3.05) is 113 Å². The van der Waals surface area contributed by atoms with Crippen LogP contribution >= 0.6 is 0 Å². The standard InChI is InChI=1S/C68H69F3N26O6/c1-65(76)14-24-95(25-15-65)44-8-5-21-80-58(44)91-62(98)53-56(74)83-34-41(87-53)50-38(31-72)30-39(33-82-50)86-61-55(89-43(36-85-61)52-48(10-7-20-78-52)103-68(69,70)71)64(100)92-59-45(9-6-22-81-59)97-28-18-67(19-29-97,37-101-3)94-49-12-11-46(96-26-16-66(2,77)17-27-96)60(90-49)93-63(99)54-57(75)84-35-42(88-54)51-40(32-73)47(102-4)13-23-79-51/h5-13,20-23,30,33-36H,14-19,24-29,37,76-77H2,1-4H3,(H2,74,83)(H2,75,84)(H,85,86)(H,80,91,98)(H,81,92,100)(H2,90,93,94,99). The molecule has 13 N–H and O–H groups in total. The molecule has 0 saturated carbocycles.